The summed E-state index contributed by atoms with van der Waals surface area (Å²) in [6.45, 7) is 1.47. The second-order valence-corrected chi connectivity index (χ2v) is 3.91. The monoisotopic (exact) mass is 207 g/mol. The second kappa shape index (κ2) is 5.14. The van der Waals surface area contributed by atoms with E-state index in [0.29, 0.717) is 6.61 Å². The molecule has 3 nitrogen and oxygen atoms in total. The first-order valence-electron chi connectivity index (χ1n) is 5.49. The third-order valence-electron chi connectivity index (χ3n) is 2.81. The molecule has 1 N–H and O–H groups in total. The maximum Gasteiger partial charge on any atom is 0.119 e. The van der Waals surface area contributed by atoms with Crippen LogP contribution in [0.15, 0.2) is 30.3 Å². The fourth-order valence-corrected chi connectivity index (χ4v) is 1.94. The molecule has 0 spiro atoms. The Morgan fingerprint density at radius 1 is 1.33 bits per heavy atom. The lowest BCUT2D eigenvalue weighted by atomic mass is 10.2. The molecule has 0 aromatic heterocycles. The number of nitrogens with zero attached hydrogens (tertiary/aromatic N) is 1. The summed E-state index contributed by atoms with van der Waals surface area (Å²) in [5.74, 6) is 0.903. The van der Waals surface area contributed by atoms with E-state index in [-0.39, 0.29) is 6.04 Å². The van der Waals surface area contributed by atoms with Crippen LogP contribution in [0.4, 0.5) is 0 Å². The average molecular weight is 207 g/mol. The van der Waals surface area contributed by atoms with Gasteiger partial charge in [-0.25, -0.2) is 0 Å². The van der Waals surface area contributed by atoms with Crippen LogP contribution in [0.3, 0.4) is 0 Å². The molecule has 1 aliphatic heterocycles. The molecule has 3 heteroatoms. The van der Waals surface area contributed by atoms with Gasteiger partial charge >= 0.3 is 0 Å². The average Bonchev–Trinajstić information content (AvgIpc) is 2.66. The Morgan fingerprint density at radius 2 is 2.13 bits per heavy atom. The van der Waals surface area contributed by atoms with E-state index in [0.717, 1.165) is 31.6 Å². The molecule has 1 aliphatic rings. The van der Waals surface area contributed by atoms with Gasteiger partial charge in [-0.3, -0.25) is 0 Å². The van der Waals surface area contributed by atoms with Crippen LogP contribution in [0.5, 0.6) is 5.75 Å². The van der Waals surface area contributed by atoms with E-state index in [9.17, 15) is 5.21 Å². The molecule has 1 heterocycles. The minimum atomic E-state index is 0.286. The first-order valence-corrected chi connectivity index (χ1v) is 5.49. The van der Waals surface area contributed by atoms with Crippen molar-refractivity contribution in [3.05, 3.63) is 30.3 Å². The van der Waals surface area contributed by atoms with Gasteiger partial charge in [-0.05, 0) is 31.4 Å². The van der Waals surface area contributed by atoms with E-state index in [2.05, 4.69) is 0 Å². The predicted octanol–water partition coefficient (Wildman–Crippen LogP) is 2.31. The van der Waals surface area contributed by atoms with Gasteiger partial charge in [0, 0.05) is 12.6 Å². The maximum absolute atomic E-state index is 9.46. The zero-order valence-corrected chi connectivity index (χ0v) is 8.80. The Hall–Kier alpha value is -1.06. The molecule has 0 radical (unpaired) electrons. The molecule has 2 rings (SSSR count). The predicted molar refractivity (Wildman–Crippen MR) is 58.1 cm³/mol. The SMILES string of the molecule is ON1CCCC1CCOc1ccccc1. The topological polar surface area (TPSA) is 32.7 Å². The number of hydrogen-bond donors (Lipinski definition) is 1. The van der Waals surface area contributed by atoms with E-state index in [1.807, 2.05) is 30.3 Å². The van der Waals surface area contributed by atoms with Gasteiger partial charge in [0.15, 0.2) is 0 Å². The number of ether oxygens (including phenoxy) is 1. The summed E-state index contributed by atoms with van der Waals surface area (Å²) in [5.41, 5.74) is 0. The molecular weight excluding hydrogens is 190 g/mol. The van der Waals surface area contributed by atoms with Gasteiger partial charge in [-0.2, -0.15) is 5.06 Å². The molecule has 1 atom stereocenters. The Balaban J connectivity index is 1.71. The summed E-state index contributed by atoms with van der Waals surface area (Å²) in [7, 11) is 0. The fraction of sp³-hybridized carbons (Fsp3) is 0.500. The Bertz CT molecular complexity index is 289. The van der Waals surface area contributed by atoms with Crippen LogP contribution in [-0.4, -0.2) is 29.5 Å². The molecule has 1 aromatic rings. The number of rotatable bonds is 4. The van der Waals surface area contributed by atoms with Crippen LogP contribution in [0.25, 0.3) is 0 Å². The highest BCUT2D eigenvalue weighted by Crippen LogP contribution is 2.18. The molecular formula is C12H17NO2. The normalized spacial score (nSPS) is 21.8. The fourth-order valence-electron chi connectivity index (χ4n) is 1.94. The van der Waals surface area contributed by atoms with Gasteiger partial charge in [0.1, 0.15) is 5.75 Å². The summed E-state index contributed by atoms with van der Waals surface area (Å²) in [6.07, 6.45) is 3.06. The van der Waals surface area contributed by atoms with Gasteiger partial charge in [0.2, 0.25) is 0 Å². The maximum atomic E-state index is 9.46. The minimum Gasteiger partial charge on any atom is -0.494 e. The summed E-state index contributed by atoms with van der Waals surface area (Å²) < 4.78 is 5.58. The van der Waals surface area contributed by atoms with Gasteiger partial charge in [0.25, 0.3) is 0 Å². The summed E-state index contributed by atoms with van der Waals surface area (Å²) in [4.78, 5) is 0. The summed E-state index contributed by atoms with van der Waals surface area (Å²) in [5, 5.41) is 10.9. The Morgan fingerprint density at radius 3 is 2.80 bits per heavy atom. The first-order chi connectivity index (χ1) is 7.36. The van der Waals surface area contributed by atoms with Gasteiger partial charge in [0.05, 0.1) is 6.61 Å². The van der Waals surface area contributed by atoms with Crippen molar-refractivity contribution in [3.63, 3.8) is 0 Å². The second-order valence-electron chi connectivity index (χ2n) is 3.91. The molecule has 1 aromatic carbocycles. The molecule has 82 valence electrons. The Labute approximate surface area is 90.2 Å². The third-order valence-corrected chi connectivity index (χ3v) is 2.81. The van der Waals surface area contributed by atoms with E-state index >= 15 is 0 Å². The number of benzene rings is 1. The quantitative estimate of drug-likeness (QED) is 0.822. The van der Waals surface area contributed by atoms with E-state index in [4.69, 9.17) is 4.74 Å². The van der Waals surface area contributed by atoms with Crippen molar-refractivity contribution < 1.29 is 9.94 Å². The van der Waals surface area contributed by atoms with Crippen LogP contribution >= 0.6 is 0 Å². The van der Waals surface area contributed by atoms with Gasteiger partial charge < -0.3 is 9.94 Å². The molecule has 0 saturated carbocycles. The van der Waals surface area contributed by atoms with Crippen molar-refractivity contribution in [1.82, 2.24) is 5.06 Å². The molecule has 15 heavy (non-hydrogen) atoms. The largest absolute Gasteiger partial charge is 0.494 e. The first kappa shape index (κ1) is 10.5. The van der Waals surface area contributed by atoms with Gasteiger partial charge in [-0.15, -0.1) is 0 Å². The van der Waals surface area contributed by atoms with Crippen molar-refractivity contribution in [1.29, 1.82) is 0 Å². The summed E-state index contributed by atoms with van der Waals surface area (Å²) in [6, 6.07) is 10.1. The van der Waals surface area contributed by atoms with Crippen LogP contribution in [0.1, 0.15) is 19.3 Å². The van der Waals surface area contributed by atoms with Crippen LogP contribution in [0, 0.1) is 0 Å². The summed E-state index contributed by atoms with van der Waals surface area (Å²) >= 11 is 0. The molecule has 1 unspecified atom stereocenters. The van der Waals surface area contributed by atoms with Gasteiger partial charge in [-0.1, -0.05) is 18.2 Å². The zero-order valence-electron chi connectivity index (χ0n) is 8.80. The minimum absolute atomic E-state index is 0.286. The smallest absolute Gasteiger partial charge is 0.119 e. The van der Waals surface area contributed by atoms with Crippen LogP contribution < -0.4 is 4.74 Å². The van der Waals surface area contributed by atoms with E-state index in [1.54, 1.807) is 0 Å². The standard InChI is InChI=1S/C12H17NO2/c14-13-9-4-5-11(13)8-10-15-12-6-2-1-3-7-12/h1-3,6-7,11,14H,4-5,8-10H2. The highest BCUT2D eigenvalue weighted by molar-refractivity contribution is 5.20. The van der Waals surface area contributed by atoms with Crippen molar-refractivity contribution in [2.75, 3.05) is 13.2 Å². The van der Waals surface area contributed by atoms with Crippen LogP contribution in [-0.2, 0) is 0 Å². The number of hydrogen-bond acceptors (Lipinski definition) is 3. The molecule has 0 amide bonds. The molecule has 1 fully saturated rings. The molecule has 0 aliphatic carbocycles. The number of hydroxylamine groups is 2. The van der Waals surface area contributed by atoms with Crippen molar-refractivity contribution >= 4 is 0 Å². The molecule has 0 bridgehead atoms. The van der Waals surface area contributed by atoms with E-state index < -0.39 is 0 Å². The van der Waals surface area contributed by atoms with Crippen molar-refractivity contribution in [2.24, 2.45) is 0 Å². The lowest BCUT2D eigenvalue weighted by Gasteiger charge is -2.17. The van der Waals surface area contributed by atoms with Crippen molar-refractivity contribution in [2.45, 2.75) is 25.3 Å². The molecule has 1 saturated heterocycles. The highest BCUT2D eigenvalue weighted by Gasteiger charge is 2.22. The highest BCUT2D eigenvalue weighted by atomic mass is 16.5. The zero-order chi connectivity index (χ0) is 10.5. The van der Waals surface area contributed by atoms with Crippen molar-refractivity contribution in [3.8, 4) is 5.75 Å². The number of para-hydroxylation sites is 1. The van der Waals surface area contributed by atoms with E-state index in [1.165, 1.54) is 5.06 Å². The lowest BCUT2D eigenvalue weighted by Crippen LogP contribution is -2.27. The van der Waals surface area contributed by atoms with Crippen LogP contribution in [0.2, 0.25) is 0 Å². The lowest BCUT2D eigenvalue weighted by molar-refractivity contribution is -0.106. The Kier molecular flexibility index (Phi) is 3.59. The third kappa shape index (κ3) is 2.94.